The number of unbranched alkanes of at least 4 members (excludes halogenated alkanes) is 2. The average molecular weight is 261 g/mol. The zero-order chi connectivity index (χ0) is 13.1. The highest BCUT2D eigenvalue weighted by atomic mass is 32.2. The number of rotatable bonds is 9. The molecule has 0 atom stereocenters. The van der Waals surface area contributed by atoms with Gasteiger partial charge in [0, 0.05) is 0 Å². The third-order valence-electron chi connectivity index (χ3n) is 2.37. The summed E-state index contributed by atoms with van der Waals surface area (Å²) < 4.78 is 25.4. The molecule has 4 nitrogen and oxygen atoms in total. The summed E-state index contributed by atoms with van der Waals surface area (Å²) in [5, 5.41) is 4.71. The summed E-state index contributed by atoms with van der Waals surface area (Å²) in [6.07, 6.45) is 11.0. The van der Waals surface area contributed by atoms with E-state index in [1.807, 2.05) is 19.1 Å². The summed E-state index contributed by atoms with van der Waals surface area (Å²) >= 11 is 0. The van der Waals surface area contributed by atoms with Crippen molar-refractivity contribution < 1.29 is 12.6 Å². The molecule has 0 amide bonds. The summed E-state index contributed by atoms with van der Waals surface area (Å²) in [6.45, 7) is 4.31. The van der Waals surface area contributed by atoms with E-state index in [2.05, 4.69) is 17.2 Å². The highest BCUT2D eigenvalue weighted by Crippen LogP contribution is 2.12. The fourth-order valence-electron chi connectivity index (χ4n) is 1.42. The van der Waals surface area contributed by atoms with Crippen LogP contribution in [-0.2, 0) is 14.5 Å². The van der Waals surface area contributed by atoms with Gasteiger partial charge in [0.05, 0.1) is 6.61 Å². The Kier molecular flexibility index (Phi) is 9.03. The van der Waals surface area contributed by atoms with E-state index >= 15 is 0 Å². The third kappa shape index (κ3) is 11.6. The largest absolute Gasteiger partial charge is 0.333 e. The van der Waals surface area contributed by atoms with Crippen molar-refractivity contribution in [1.82, 2.24) is 0 Å². The van der Waals surface area contributed by atoms with Gasteiger partial charge in [0.15, 0.2) is 0 Å². The molecule has 0 aliphatic heterocycles. The average Bonchev–Trinajstić information content (AvgIpc) is 2.25. The van der Waals surface area contributed by atoms with Crippen molar-refractivity contribution in [3.8, 4) is 0 Å². The predicted molar refractivity (Wildman–Crippen MR) is 70.7 cm³/mol. The van der Waals surface area contributed by atoms with Gasteiger partial charge in [-0.15, -0.1) is 0 Å². The van der Waals surface area contributed by atoms with E-state index < -0.39 is 10.3 Å². The van der Waals surface area contributed by atoms with Gasteiger partial charge >= 0.3 is 10.3 Å². The Bertz CT molecular complexity index is 345. The molecule has 0 heterocycles. The Hall–Kier alpha value is -0.650. The maximum atomic E-state index is 10.5. The number of hydrogen-bond acceptors (Lipinski definition) is 3. The standard InChI is InChI=1S/C12H23NO3S/c1-3-5-9-12(4-2)10-7-6-8-11-16-17(13,14)15/h3,5,9H,4,6-8,10-11H2,1-2H3,(H2,13,14,15)/b5-3-,12-9+. The molecule has 0 saturated carbocycles. The first-order valence-electron chi connectivity index (χ1n) is 5.97. The Morgan fingerprint density at radius 3 is 2.53 bits per heavy atom. The highest BCUT2D eigenvalue weighted by Gasteiger charge is 2.01. The quantitative estimate of drug-likeness (QED) is 0.512. The molecule has 0 spiro atoms. The van der Waals surface area contributed by atoms with Gasteiger partial charge in [-0.1, -0.05) is 37.1 Å². The van der Waals surface area contributed by atoms with Crippen LogP contribution in [0.3, 0.4) is 0 Å². The van der Waals surface area contributed by atoms with Crippen molar-refractivity contribution in [2.75, 3.05) is 6.61 Å². The van der Waals surface area contributed by atoms with Gasteiger partial charge in [-0.05, 0) is 32.6 Å². The molecule has 0 aromatic carbocycles. The normalized spacial score (nSPS) is 13.5. The van der Waals surface area contributed by atoms with Crippen molar-refractivity contribution >= 4 is 10.3 Å². The van der Waals surface area contributed by atoms with E-state index in [-0.39, 0.29) is 6.61 Å². The minimum atomic E-state index is -3.76. The molecule has 0 aliphatic carbocycles. The molecular formula is C12H23NO3S. The van der Waals surface area contributed by atoms with Gasteiger partial charge in [-0.25, -0.2) is 5.14 Å². The molecule has 0 saturated heterocycles. The third-order valence-corrected chi connectivity index (χ3v) is 2.86. The van der Waals surface area contributed by atoms with E-state index in [9.17, 15) is 8.42 Å². The fraction of sp³-hybridized carbons (Fsp3) is 0.667. The molecule has 0 aromatic rings. The second kappa shape index (κ2) is 9.39. The first-order valence-corrected chi connectivity index (χ1v) is 7.44. The van der Waals surface area contributed by atoms with Crippen LogP contribution in [0.4, 0.5) is 0 Å². The van der Waals surface area contributed by atoms with Crippen LogP contribution in [0.15, 0.2) is 23.8 Å². The number of allylic oxidation sites excluding steroid dienone is 4. The van der Waals surface area contributed by atoms with E-state index in [0.29, 0.717) is 0 Å². The molecule has 0 bridgehead atoms. The van der Waals surface area contributed by atoms with Crippen LogP contribution in [-0.4, -0.2) is 15.0 Å². The maximum Gasteiger partial charge on any atom is 0.333 e. The molecule has 17 heavy (non-hydrogen) atoms. The molecule has 0 rings (SSSR count). The van der Waals surface area contributed by atoms with Crippen molar-refractivity contribution in [2.45, 2.75) is 46.0 Å². The molecule has 5 heteroatoms. The van der Waals surface area contributed by atoms with Crippen LogP contribution in [0.25, 0.3) is 0 Å². The summed E-state index contributed by atoms with van der Waals surface area (Å²) in [4.78, 5) is 0. The molecular weight excluding hydrogens is 238 g/mol. The number of nitrogens with two attached hydrogens (primary N) is 1. The van der Waals surface area contributed by atoms with Crippen molar-refractivity contribution in [1.29, 1.82) is 0 Å². The molecule has 0 fully saturated rings. The summed E-state index contributed by atoms with van der Waals surface area (Å²) in [5.74, 6) is 0. The van der Waals surface area contributed by atoms with E-state index in [1.54, 1.807) is 0 Å². The summed E-state index contributed by atoms with van der Waals surface area (Å²) in [7, 11) is -3.76. The zero-order valence-electron chi connectivity index (χ0n) is 10.7. The van der Waals surface area contributed by atoms with E-state index in [0.717, 1.165) is 32.1 Å². The molecule has 0 aromatic heterocycles. The second-order valence-electron chi connectivity index (χ2n) is 3.83. The smallest absolute Gasteiger partial charge is 0.258 e. The van der Waals surface area contributed by atoms with Crippen molar-refractivity contribution in [3.05, 3.63) is 23.8 Å². The van der Waals surface area contributed by atoms with Crippen LogP contribution >= 0.6 is 0 Å². The highest BCUT2D eigenvalue weighted by molar-refractivity contribution is 7.84. The van der Waals surface area contributed by atoms with Crippen LogP contribution < -0.4 is 5.14 Å². The minimum absolute atomic E-state index is 0.179. The van der Waals surface area contributed by atoms with Crippen LogP contribution in [0.2, 0.25) is 0 Å². The van der Waals surface area contributed by atoms with Crippen molar-refractivity contribution in [2.24, 2.45) is 5.14 Å². The van der Waals surface area contributed by atoms with E-state index in [4.69, 9.17) is 5.14 Å². The van der Waals surface area contributed by atoms with Gasteiger partial charge in [-0.3, -0.25) is 4.18 Å². The van der Waals surface area contributed by atoms with Gasteiger partial charge < -0.3 is 0 Å². The Balaban J connectivity index is 3.63. The lowest BCUT2D eigenvalue weighted by atomic mass is 10.0. The molecule has 100 valence electrons. The monoisotopic (exact) mass is 261 g/mol. The topological polar surface area (TPSA) is 69.4 Å². The summed E-state index contributed by atoms with van der Waals surface area (Å²) in [6, 6.07) is 0. The van der Waals surface area contributed by atoms with Gasteiger partial charge in [-0.2, -0.15) is 8.42 Å². The lowest BCUT2D eigenvalue weighted by Crippen LogP contribution is -2.16. The lowest BCUT2D eigenvalue weighted by Gasteiger charge is -2.04. The van der Waals surface area contributed by atoms with Crippen LogP contribution in [0.5, 0.6) is 0 Å². The van der Waals surface area contributed by atoms with Gasteiger partial charge in [0.2, 0.25) is 0 Å². The Labute approximate surface area is 105 Å². The van der Waals surface area contributed by atoms with Crippen LogP contribution in [0.1, 0.15) is 46.0 Å². The van der Waals surface area contributed by atoms with Crippen molar-refractivity contribution in [3.63, 3.8) is 0 Å². The predicted octanol–water partition coefficient (Wildman–Crippen LogP) is 2.68. The molecule has 2 N–H and O–H groups in total. The second-order valence-corrected chi connectivity index (χ2v) is 5.05. The Morgan fingerprint density at radius 2 is 2.00 bits per heavy atom. The van der Waals surface area contributed by atoms with Gasteiger partial charge in [0.25, 0.3) is 0 Å². The molecule has 0 unspecified atom stereocenters. The first-order chi connectivity index (χ1) is 7.99. The minimum Gasteiger partial charge on any atom is -0.258 e. The van der Waals surface area contributed by atoms with E-state index in [1.165, 1.54) is 5.57 Å². The number of hydrogen-bond donors (Lipinski definition) is 1. The van der Waals surface area contributed by atoms with Crippen LogP contribution in [0, 0.1) is 0 Å². The molecule has 0 radical (unpaired) electrons. The Morgan fingerprint density at radius 1 is 1.29 bits per heavy atom. The fourth-order valence-corrected chi connectivity index (χ4v) is 1.77. The summed E-state index contributed by atoms with van der Waals surface area (Å²) in [5.41, 5.74) is 1.41. The SMILES string of the molecule is C/C=C\C=C(/CC)CCCCCOS(N)(=O)=O. The zero-order valence-corrected chi connectivity index (χ0v) is 11.5. The lowest BCUT2D eigenvalue weighted by molar-refractivity contribution is 0.307. The first kappa shape index (κ1) is 16.4. The maximum absolute atomic E-state index is 10.5. The molecule has 0 aliphatic rings. The van der Waals surface area contributed by atoms with Gasteiger partial charge in [0.1, 0.15) is 0 Å².